The van der Waals surface area contributed by atoms with Crippen molar-refractivity contribution in [2.24, 2.45) is 5.41 Å². The molecular weight excluding hydrogens is 1300 g/mol. The first-order valence-corrected chi connectivity index (χ1v) is 37.7. The highest BCUT2D eigenvalue weighted by molar-refractivity contribution is 8.03. The van der Waals surface area contributed by atoms with E-state index in [0.29, 0.717) is 26.0 Å². The fraction of sp³-hybridized carbons (Fsp3) is 0.259. The number of alkyl halides is 3. The summed E-state index contributed by atoms with van der Waals surface area (Å²) in [6.07, 6.45) is 3.72. The molecule has 3 atom stereocenters. The van der Waals surface area contributed by atoms with Crippen LogP contribution in [0.15, 0.2) is 291 Å². The van der Waals surface area contributed by atoms with Crippen LogP contribution in [0.3, 0.4) is 0 Å². The summed E-state index contributed by atoms with van der Waals surface area (Å²) in [7, 11) is -1.53. The van der Waals surface area contributed by atoms with Crippen LogP contribution < -0.4 is 24.9 Å². The molecule has 10 rings (SSSR count). The van der Waals surface area contributed by atoms with Crippen molar-refractivity contribution in [1.82, 2.24) is 0 Å². The summed E-state index contributed by atoms with van der Waals surface area (Å²) in [6, 6.07) is 77.0. The summed E-state index contributed by atoms with van der Waals surface area (Å²) in [5.41, 5.74) is 1.59. The van der Waals surface area contributed by atoms with Crippen LogP contribution in [-0.2, 0) is 25.7 Å². The van der Waals surface area contributed by atoms with Gasteiger partial charge in [-0.2, -0.15) is 29.0 Å². The molecule has 510 valence electrons. The van der Waals surface area contributed by atoms with Gasteiger partial charge in [0.15, 0.2) is 21.1 Å². The van der Waals surface area contributed by atoms with Gasteiger partial charge in [-0.3, -0.25) is 0 Å². The maximum atomic E-state index is 16.0. The number of likely N-dealkylation sites (N-methyl/N-ethyl adjacent to an activating group) is 1. The quantitative estimate of drug-likeness (QED) is 0.0376. The fourth-order valence-electron chi connectivity index (χ4n) is 13.6. The minimum atomic E-state index is -5.16. The molecule has 1 aliphatic heterocycles. The average molecular weight is 1390 g/mol. The van der Waals surface area contributed by atoms with Crippen molar-refractivity contribution in [3.8, 4) is 24.0 Å². The number of allylic oxidation sites excluding steroid dienone is 7. The van der Waals surface area contributed by atoms with Crippen LogP contribution >= 0.6 is 11.8 Å². The van der Waals surface area contributed by atoms with Crippen LogP contribution in [-0.4, -0.2) is 56.9 Å². The number of hydrogen-bond acceptors (Lipinski definition) is 10. The molecule has 1 N–H and O–H groups in total. The Labute approximate surface area is 596 Å². The highest BCUT2D eigenvalue weighted by Crippen LogP contribution is 2.56. The molecule has 1 aliphatic carbocycles. The van der Waals surface area contributed by atoms with Gasteiger partial charge in [0.1, 0.15) is 34.3 Å². The second-order valence-corrected chi connectivity index (χ2v) is 35.6. The lowest BCUT2D eigenvalue weighted by molar-refractivity contribution is -0.249. The van der Waals surface area contributed by atoms with Gasteiger partial charge in [-0.25, -0.2) is 0 Å². The summed E-state index contributed by atoms with van der Waals surface area (Å²) in [4.78, 5) is 7.63. The predicted molar refractivity (Wildman–Crippen MR) is 406 cm³/mol. The van der Waals surface area contributed by atoms with Gasteiger partial charge < -0.3 is 28.8 Å². The monoisotopic (exact) mass is 1390 g/mol. The first kappa shape index (κ1) is 73.2. The van der Waals surface area contributed by atoms with E-state index in [4.69, 9.17) is 13.9 Å². The van der Waals surface area contributed by atoms with E-state index in [9.17, 15) is 20.9 Å². The zero-order chi connectivity index (χ0) is 71.5. The molecule has 9 nitrogen and oxygen atoms in total. The Bertz CT molecular complexity index is 4430. The van der Waals surface area contributed by atoms with Crippen molar-refractivity contribution in [3.63, 3.8) is 0 Å². The lowest BCUT2D eigenvalue weighted by atomic mass is 9.74. The van der Waals surface area contributed by atoms with Crippen molar-refractivity contribution in [1.29, 1.82) is 15.8 Å². The number of nitrogens with zero attached hydrogens (tertiary/aromatic N) is 5. The van der Waals surface area contributed by atoms with Crippen LogP contribution in [0, 0.1) is 39.4 Å². The number of benzene rings is 8. The van der Waals surface area contributed by atoms with Gasteiger partial charge in [-0.1, -0.05) is 205 Å². The van der Waals surface area contributed by atoms with Crippen molar-refractivity contribution in [2.45, 2.75) is 113 Å². The van der Waals surface area contributed by atoms with E-state index in [2.05, 4.69) is 212 Å². The number of thioether (sulfide) groups is 1. The van der Waals surface area contributed by atoms with Crippen LogP contribution in [0.2, 0.25) is 5.04 Å². The lowest BCUT2D eigenvalue weighted by Gasteiger charge is -2.43. The Morgan fingerprint density at radius 3 is 1.74 bits per heavy atom. The molecular formula is C85H85F3N5O4S2Si+. The molecule has 0 fully saturated rings. The molecule has 15 heteroatoms. The first-order chi connectivity index (χ1) is 47.9. The predicted octanol–water partition coefficient (Wildman–Crippen LogP) is 20.0. The van der Waals surface area contributed by atoms with Gasteiger partial charge in [0.05, 0.1) is 30.7 Å². The number of aliphatic hydroxyl groups excluding tert-OH is 1. The normalized spacial score (nSPS) is 16.8. The highest BCUT2D eigenvalue weighted by atomic mass is 32.2. The van der Waals surface area contributed by atoms with Crippen LogP contribution in [0.4, 0.5) is 35.9 Å². The molecule has 1 heterocycles. The van der Waals surface area contributed by atoms with E-state index in [1.807, 2.05) is 66.7 Å². The van der Waals surface area contributed by atoms with Gasteiger partial charge in [0, 0.05) is 63.2 Å². The number of halogens is 3. The molecule has 8 aromatic carbocycles. The number of hydrogen-bond donors (Lipinski definition) is 1. The highest BCUT2D eigenvalue weighted by Gasteiger charge is 2.65. The lowest BCUT2D eigenvalue weighted by Crippen LogP contribution is -2.67. The average Bonchev–Trinajstić information content (AvgIpc) is 1.54. The van der Waals surface area contributed by atoms with Crippen molar-refractivity contribution >= 4 is 70.2 Å². The van der Waals surface area contributed by atoms with E-state index in [1.165, 1.54) is 58.6 Å². The fourth-order valence-corrected chi connectivity index (χ4v) is 22.0. The minimum Gasteiger partial charge on any atom is -0.497 e. The Hall–Kier alpha value is -9.50. The molecule has 8 aromatic rings. The molecule has 3 unspecified atom stereocenters. The Morgan fingerprint density at radius 2 is 1.21 bits per heavy atom. The van der Waals surface area contributed by atoms with Crippen LogP contribution in [0.25, 0.3) is 6.08 Å². The van der Waals surface area contributed by atoms with E-state index in [-0.39, 0.29) is 26.5 Å². The topological polar surface area (TPSA) is 126 Å². The molecule has 2 aliphatic rings. The van der Waals surface area contributed by atoms with E-state index in [0.717, 1.165) is 72.0 Å². The third-order valence-electron chi connectivity index (χ3n) is 18.1. The van der Waals surface area contributed by atoms with E-state index >= 15 is 13.2 Å². The van der Waals surface area contributed by atoms with Crippen molar-refractivity contribution in [3.05, 3.63) is 298 Å². The second kappa shape index (κ2) is 31.4. The van der Waals surface area contributed by atoms with Gasteiger partial charge in [0.2, 0.25) is 0 Å². The Morgan fingerprint density at radius 1 is 0.680 bits per heavy atom. The minimum absolute atomic E-state index is 0.150. The maximum Gasteiger partial charge on any atom is 0.437 e. The molecule has 0 amide bonds. The van der Waals surface area contributed by atoms with E-state index in [1.54, 1.807) is 31.4 Å². The molecule has 0 spiro atoms. The summed E-state index contributed by atoms with van der Waals surface area (Å²) >= 11 is 1.49. The number of aliphatic hydroxyl groups is 1. The molecule has 0 radical (unpaired) electrons. The van der Waals surface area contributed by atoms with Gasteiger partial charge >= 0.3 is 6.18 Å². The van der Waals surface area contributed by atoms with E-state index < -0.39 is 59.6 Å². The largest absolute Gasteiger partial charge is 0.497 e. The van der Waals surface area contributed by atoms with Crippen LogP contribution in [0.5, 0.6) is 5.75 Å². The number of ether oxygens (including phenoxy) is 2. The van der Waals surface area contributed by atoms with Gasteiger partial charge in [-0.05, 0) is 157 Å². The molecule has 0 saturated carbocycles. The smallest absolute Gasteiger partial charge is 0.437 e. The van der Waals surface area contributed by atoms with Gasteiger partial charge in [-0.15, -0.1) is 11.8 Å². The summed E-state index contributed by atoms with van der Waals surface area (Å²) in [6.45, 7) is 22.0. The number of nitriles is 3. The second-order valence-electron chi connectivity index (χ2n) is 27.6. The molecule has 0 aromatic heterocycles. The Kier molecular flexibility index (Phi) is 23.0. The summed E-state index contributed by atoms with van der Waals surface area (Å²) < 4.78 is 66.4. The number of methoxy groups -OCH3 is 1. The third kappa shape index (κ3) is 15.7. The SMILES string of the molecule is CCN(CCO[Si](c1ccccc1)(c1ccccc1)C(C)(C)C)c1ccc(N(c2ccc(/C=C/C3=C(SCC(O)c4ccccc4[S+](c4ccccc4)C(C)(C)C)C(=C/C=C/C4=C(C#N)C(=C(C#N)C#N)OC4(c4ccccc4)C(F)(F)F)/CC(C)(C)C3)cc2)c2ccc(OC)cc2)cc1. The third-order valence-corrected chi connectivity index (χ3v) is 27.3. The molecule has 0 saturated heterocycles. The number of rotatable bonds is 23. The number of anilines is 4. The molecule has 0 bridgehead atoms. The van der Waals surface area contributed by atoms with Crippen molar-refractivity contribution in [2.75, 3.05) is 42.4 Å². The van der Waals surface area contributed by atoms with Crippen molar-refractivity contribution < 1.29 is 32.2 Å². The summed E-state index contributed by atoms with van der Waals surface area (Å²) in [5, 5.41) is 45.4. The first-order valence-electron chi connectivity index (χ1n) is 33.5. The zero-order valence-electron chi connectivity index (χ0n) is 58.3. The standard InChI is InChI=1S/C85H85F3N5O4S2Si/c1-11-92(53-54-96-100(82(5,6)7,72-32-20-14-21-33-72)73-34-22-15-23-35-73)66-45-47-68(48-46-66)93(69-49-51-70(95-10)52-50-69)67-43-40-61(41-44-67)39-42-63-56-83(8,9)55-62(80(63)98-60-77(94)74-36-24-25-38-78(74)99(81(2,3)4)71-30-18-13-19-31-71)27-26-37-76-75(59-91)79(64(57-89)58-90)97-84(76,85(86,87)88)65-28-16-12-17-29-65/h12-52,77,94H,11,53-56,60H2,1-10H3/q+1/b37-26+,42-39+,62-27+. The van der Waals surface area contributed by atoms with Crippen LogP contribution in [0.1, 0.15) is 97.9 Å². The maximum absolute atomic E-state index is 16.0. The molecule has 100 heavy (non-hydrogen) atoms. The Balaban J connectivity index is 1.00. The summed E-state index contributed by atoms with van der Waals surface area (Å²) in [5.74, 6) is 0.244. The zero-order valence-corrected chi connectivity index (χ0v) is 61.0. The van der Waals surface area contributed by atoms with Gasteiger partial charge in [0.25, 0.3) is 13.9 Å².